The first-order valence-corrected chi connectivity index (χ1v) is 10.3. The summed E-state index contributed by atoms with van der Waals surface area (Å²) in [6.45, 7) is 4.59. The zero-order valence-corrected chi connectivity index (χ0v) is 20.2. The van der Waals surface area contributed by atoms with Crippen molar-refractivity contribution in [1.29, 1.82) is 0 Å². The number of methoxy groups -OCH3 is 1. The molecule has 0 heterocycles. The van der Waals surface area contributed by atoms with Gasteiger partial charge in [-0.2, -0.15) is 13.2 Å². The molecule has 0 aliphatic carbocycles. The molecule has 0 aromatic heterocycles. The number of nitrogens with zero attached hydrogens (tertiary/aromatic N) is 3. The summed E-state index contributed by atoms with van der Waals surface area (Å²) in [5.74, 6) is -0.722. The number of benzene rings is 2. The van der Waals surface area contributed by atoms with Crippen LogP contribution < -0.4 is 0 Å². The second-order valence-electron chi connectivity index (χ2n) is 7.28. The van der Waals surface area contributed by atoms with E-state index in [0.29, 0.717) is 16.8 Å². The number of ether oxygens (including phenoxy) is 1. The third kappa shape index (κ3) is 6.81. The van der Waals surface area contributed by atoms with Crippen molar-refractivity contribution in [2.24, 2.45) is 15.5 Å². The van der Waals surface area contributed by atoms with Crippen LogP contribution in [0.2, 0.25) is 0 Å². The zero-order chi connectivity index (χ0) is 26.2. The van der Waals surface area contributed by atoms with Gasteiger partial charge in [0.15, 0.2) is 5.71 Å². The summed E-state index contributed by atoms with van der Waals surface area (Å²) < 4.78 is 46.1. The Balaban J connectivity index is 2.41. The average Bonchev–Trinajstić information content (AvgIpc) is 2.82. The van der Waals surface area contributed by atoms with Crippen LogP contribution in [0, 0.1) is 6.92 Å². The van der Waals surface area contributed by atoms with Crippen molar-refractivity contribution in [3.8, 4) is 0 Å². The highest BCUT2D eigenvalue weighted by Gasteiger charge is 2.34. The fourth-order valence-corrected chi connectivity index (χ4v) is 3.25. The van der Waals surface area contributed by atoms with Crippen molar-refractivity contribution in [1.82, 2.24) is 0 Å². The first-order valence-electron chi connectivity index (χ1n) is 10.3. The van der Waals surface area contributed by atoms with Gasteiger partial charge in [0.2, 0.25) is 0 Å². The fourth-order valence-electron chi connectivity index (χ4n) is 3.25. The molecule has 0 saturated heterocycles. The molecule has 2 aromatic carbocycles. The molecule has 0 aliphatic rings. The first kappa shape index (κ1) is 27.4. The van der Waals surface area contributed by atoms with Crippen LogP contribution in [0.5, 0.6) is 0 Å². The molecule has 0 saturated carbocycles. The molecular weight excluding hydrogens is 467 g/mol. The number of alkyl halides is 3. The number of hydrogen-bond donors (Lipinski definition) is 0. The van der Waals surface area contributed by atoms with Crippen LogP contribution in [0.4, 0.5) is 13.2 Å². The molecule has 0 spiro atoms. The molecule has 0 aliphatic heterocycles. The van der Waals surface area contributed by atoms with E-state index in [9.17, 15) is 18.0 Å². The lowest BCUT2D eigenvalue weighted by Crippen LogP contribution is -2.20. The van der Waals surface area contributed by atoms with Crippen molar-refractivity contribution < 1.29 is 37.2 Å². The third-order valence-corrected chi connectivity index (χ3v) is 5.00. The molecule has 0 amide bonds. The van der Waals surface area contributed by atoms with Crippen LogP contribution in [0.1, 0.15) is 47.2 Å². The second-order valence-corrected chi connectivity index (χ2v) is 7.28. The summed E-state index contributed by atoms with van der Waals surface area (Å²) in [6.07, 6.45) is -4.63. The highest BCUT2D eigenvalue weighted by Crippen LogP contribution is 2.33. The van der Waals surface area contributed by atoms with Gasteiger partial charge in [-0.1, -0.05) is 45.8 Å². The summed E-state index contributed by atoms with van der Waals surface area (Å²) in [4.78, 5) is 27.0. The Morgan fingerprint density at radius 2 is 1.60 bits per heavy atom. The zero-order valence-electron chi connectivity index (χ0n) is 20.2. The molecule has 2 aromatic rings. The van der Waals surface area contributed by atoms with Crippen molar-refractivity contribution in [3.63, 3.8) is 0 Å². The van der Waals surface area contributed by atoms with Gasteiger partial charge in [-0.05, 0) is 38.0 Å². The SMILES string of the molecule is CO/N=C(/C)c1ccc(/C(C)=N/OCc2c(C)cccc2/C(=N\OC)C(=O)OC)c(C(F)(F)F)c1. The lowest BCUT2D eigenvalue weighted by atomic mass is 9.98. The second kappa shape index (κ2) is 12.0. The molecule has 0 fully saturated rings. The van der Waals surface area contributed by atoms with Crippen LogP contribution in [0.15, 0.2) is 51.9 Å². The average molecular weight is 493 g/mol. The topological polar surface area (TPSA) is 91.1 Å². The number of carbonyl (C=O) groups excluding carboxylic acids is 1. The van der Waals surface area contributed by atoms with Crippen LogP contribution >= 0.6 is 0 Å². The Kier molecular flexibility index (Phi) is 9.38. The Labute approximate surface area is 201 Å². The van der Waals surface area contributed by atoms with Crippen molar-refractivity contribution >= 4 is 23.1 Å². The van der Waals surface area contributed by atoms with Gasteiger partial charge in [0.1, 0.15) is 20.8 Å². The minimum atomic E-state index is -4.63. The normalized spacial score (nSPS) is 12.9. The standard InChI is InChI=1S/C24H26F3N3O5/c1-14-8-7-9-19(22(30-34-6)23(31)32-4)20(14)13-35-29-16(3)18-11-10-17(15(2)28-33-5)12-21(18)24(25,26)27/h7-12H,13H2,1-6H3/b28-15-,29-16+,30-22+. The maximum atomic E-state index is 13.8. The van der Waals surface area contributed by atoms with Gasteiger partial charge < -0.3 is 19.2 Å². The van der Waals surface area contributed by atoms with Crippen LogP contribution in [-0.2, 0) is 36.8 Å². The summed E-state index contributed by atoms with van der Waals surface area (Å²) in [7, 11) is 3.81. The predicted molar refractivity (Wildman–Crippen MR) is 124 cm³/mol. The van der Waals surface area contributed by atoms with Gasteiger partial charge in [0.05, 0.1) is 24.1 Å². The maximum Gasteiger partial charge on any atom is 0.417 e. The van der Waals surface area contributed by atoms with Gasteiger partial charge in [-0.25, -0.2) is 4.79 Å². The van der Waals surface area contributed by atoms with Gasteiger partial charge in [-0.15, -0.1) is 0 Å². The molecule has 2 rings (SSSR count). The number of carbonyl (C=O) groups is 1. The summed E-state index contributed by atoms with van der Waals surface area (Å²) >= 11 is 0. The number of rotatable bonds is 9. The van der Waals surface area contributed by atoms with E-state index in [1.807, 2.05) is 0 Å². The predicted octanol–water partition coefficient (Wildman–Crippen LogP) is 4.85. The quantitative estimate of drug-likeness (QED) is 0.283. The van der Waals surface area contributed by atoms with Gasteiger partial charge in [0.25, 0.3) is 0 Å². The van der Waals surface area contributed by atoms with E-state index in [2.05, 4.69) is 20.3 Å². The van der Waals surface area contributed by atoms with E-state index in [1.54, 1.807) is 25.1 Å². The molecule has 11 heteroatoms. The van der Waals surface area contributed by atoms with E-state index in [4.69, 9.17) is 14.4 Å². The van der Waals surface area contributed by atoms with Gasteiger partial charge in [-0.3, -0.25) is 0 Å². The number of esters is 1. The number of hydrogen-bond acceptors (Lipinski definition) is 8. The summed E-state index contributed by atoms with van der Waals surface area (Å²) in [5, 5.41) is 11.3. The number of oxime groups is 3. The smallest absolute Gasteiger partial charge is 0.417 e. The van der Waals surface area contributed by atoms with E-state index in [-0.39, 0.29) is 29.2 Å². The monoisotopic (exact) mass is 493 g/mol. The minimum absolute atomic E-state index is 0.0130. The van der Waals surface area contributed by atoms with E-state index in [1.165, 1.54) is 47.3 Å². The minimum Gasteiger partial charge on any atom is -0.464 e. The highest BCUT2D eigenvalue weighted by atomic mass is 19.4. The van der Waals surface area contributed by atoms with E-state index < -0.39 is 17.7 Å². The molecular formula is C24H26F3N3O5. The summed E-state index contributed by atoms with van der Waals surface area (Å²) in [5.41, 5.74) is 1.13. The van der Waals surface area contributed by atoms with Crippen LogP contribution in [0.25, 0.3) is 0 Å². The molecule has 0 atom stereocenters. The lowest BCUT2D eigenvalue weighted by Gasteiger charge is -2.15. The summed E-state index contributed by atoms with van der Waals surface area (Å²) in [6, 6.07) is 8.89. The van der Waals surface area contributed by atoms with Gasteiger partial charge >= 0.3 is 12.1 Å². The van der Waals surface area contributed by atoms with Crippen molar-refractivity contribution in [2.45, 2.75) is 33.6 Å². The Morgan fingerprint density at radius 3 is 2.20 bits per heavy atom. The maximum absolute atomic E-state index is 13.8. The molecule has 0 bridgehead atoms. The fraction of sp³-hybridized carbons (Fsp3) is 0.333. The third-order valence-electron chi connectivity index (χ3n) is 5.00. The largest absolute Gasteiger partial charge is 0.464 e. The first-order chi connectivity index (χ1) is 16.5. The Hall–Kier alpha value is -3.89. The lowest BCUT2D eigenvalue weighted by molar-refractivity contribution is -0.137. The molecule has 0 N–H and O–H groups in total. The van der Waals surface area contributed by atoms with Crippen molar-refractivity contribution in [3.05, 3.63) is 69.8 Å². The molecule has 0 radical (unpaired) electrons. The van der Waals surface area contributed by atoms with Crippen LogP contribution in [-0.4, -0.2) is 44.4 Å². The van der Waals surface area contributed by atoms with Gasteiger partial charge in [0, 0.05) is 16.7 Å². The highest BCUT2D eigenvalue weighted by molar-refractivity contribution is 6.43. The number of halogens is 3. The Morgan fingerprint density at radius 1 is 0.914 bits per heavy atom. The molecule has 8 nitrogen and oxygen atoms in total. The van der Waals surface area contributed by atoms with E-state index in [0.717, 1.165) is 11.6 Å². The van der Waals surface area contributed by atoms with Crippen molar-refractivity contribution in [2.75, 3.05) is 21.3 Å². The molecule has 188 valence electrons. The molecule has 35 heavy (non-hydrogen) atoms. The number of aryl methyl sites for hydroxylation is 1. The van der Waals surface area contributed by atoms with E-state index >= 15 is 0 Å². The van der Waals surface area contributed by atoms with Crippen LogP contribution in [0.3, 0.4) is 0 Å². The Bertz CT molecular complexity index is 1160. The molecule has 0 unspecified atom stereocenters.